The molecule has 1 heterocycles. The van der Waals surface area contributed by atoms with Gasteiger partial charge in [-0.05, 0) is 30.4 Å². The van der Waals surface area contributed by atoms with Crippen LogP contribution in [0.4, 0.5) is 5.13 Å². The minimum absolute atomic E-state index is 0.196. The van der Waals surface area contributed by atoms with Crippen LogP contribution in [-0.4, -0.2) is 23.1 Å². The average Bonchev–Trinajstić information content (AvgIpc) is 3.10. The summed E-state index contributed by atoms with van der Waals surface area (Å²) in [6.45, 7) is 0. The van der Waals surface area contributed by atoms with E-state index < -0.39 is 0 Å². The number of nitrogens with one attached hydrogen (secondary N) is 2. The van der Waals surface area contributed by atoms with Crippen molar-refractivity contribution < 1.29 is 9.53 Å². The molecule has 0 unspecified atom stereocenters. The zero-order valence-corrected chi connectivity index (χ0v) is 15.0. The van der Waals surface area contributed by atoms with Crippen LogP contribution in [0.3, 0.4) is 0 Å². The second-order valence-electron chi connectivity index (χ2n) is 5.04. The maximum Gasteiger partial charge on any atom is 0.257 e. The number of hydrogen-bond acceptors (Lipinski definition) is 5. The Hall–Kier alpha value is -2.77. The zero-order chi connectivity index (χ0) is 17.6. The van der Waals surface area contributed by atoms with E-state index in [0.717, 1.165) is 11.3 Å². The second kappa shape index (κ2) is 7.87. The fraction of sp³-hybridized carbons (Fsp3) is 0.0556. The van der Waals surface area contributed by atoms with E-state index in [4.69, 9.17) is 17.0 Å². The quantitative estimate of drug-likeness (QED) is 0.682. The molecule has 0 aliphatic heterocycles. The standard InChI is InChI=1S/C18H15N3O2S2/c1-23-14-9-5-8-13(10-14)16(22)20-17(24)21-18-19-15(11-25-18)12-6-3-2-4-7-12/h2-11H,1H3,(H2,19,20,21,22,24). The van der Waals surface area contributed by atoms with Crippen molar-refractivity contribution in [1.82, 2.24) is 10.3 Å². The van der Waals surface area contributed by atoms with Crippen molar-refractivity contribution in [3.63, 3.8) is 0 Å². The minimum Gasteiger partial charge on any atom is -0.497 e. The minimum atomic E-state index is -0.309. The van der Waals surface area contributed by atoms with Crippen molar-refractivity contribution in [1.29, 1.82) is 0 Å². The number of thiocarbonyl (C=S) groups is 1. The van der Waals surface area contributed by atoms with Crippen molar-refractivity contribution >= 4 is 39.7 Å². The van der Waals surface area contributed by atoms with Crippen molar-refractivity contribution in [3.05, 3.63) is 65.5 Å². The number of benzene rings is 2. The summed E-state index contributed by atoms with van der Waals surface area (Å²) in [5, 5.41) is 8.33. The molecule has 7 heteroatoms. The summed E-state index contributed by atoms with van der Waals surface area (Å²) in [4.78, 5) is 16.7. The number of hydrogen-bond donors (Lipinski definition) is 2. The third-order valence-electron chi connectivity index (χ3n) is 3.35. The number of nitrogens with zero attached hydrogens (tertiary/aromatic N) is 1. The number of amides is 1. The first-order chi connectivity index (χ1) is 12.2. The average molecular weight is 369 g/mol. The van der Waals surface area contributed by atoms with Gasteiger partial charge in [-0.25, -0.2) is 4.98 Å². The number of aromatic nitrogens is 1. The van der Waals surface area contributed by atoms with E-state index in [9.17, 15) is 4.79 Å². The third-order valence-corrected chi connectivity index (χ3v) is 4.32. The Labute approximate surface area is 154 Å². The molecule has 0 saturated carbocycles. The van der Waals surface area contributed by atoms with Crippen LogP contribution in [0.5, 0.6) is 5.75 Å². The zero-order valence-electron chi connectivity index (χ0n) is 13.4. The Morgan fingerprint density at radius 1 is 1.16 bits per heavy atom. The number of anilines is 1. The van der Waals surface area contributed by atoms with Crippen LogP contribution >= 0.6 is 23.6 Å². The molecule has 0 radical (unpaired) electrons. The van der Waals surface area contributed by atoms with Crippen molar-refractivity contribution in [2.45, 2.75) is 0 Å². The van der Waals surface area contributed by atoms with Gasteiger partial charge in [-0.1, -0.05) is 36.4 Å². The van der Waals surface area contributed by atoms with Crippen molar-refractivity contribution in [2.24, 2.45) is 0 Å². The lowest BCUT2D eigenvalue weighted by Crippen LogP contribution is -2.34. The molecule has 0 atom stereocenters. The van der Waals surface area contributed by atoms with E-state index in [1.807, 2.05) is 35.7 Å². The lowest BCUT2D eigenvalue weighted by Gasteiger charge is -2.08. The summed E-state index contributed by atoms with van der Waals surface area (Å²) in [6.07, 6.45) is 0. The van der Waals surface area contributed by atoms with Gasteiger partial charge in [-0.15, -0.1) is 11.3 Å². The van der Waals surface area contributed by atoms with Gasteiger partial charge >= 0.3 is 0 Å². The SMILES string of the molecule is COc1cccc(C(=O)NC(=S)Nc2nc(-c3ccccc3)cs2)c1. The molecule has 0 aliphatic carbocycles. The Morgan fingerprint density at radius 2 is 1.96 bits per heavy atom. The van der Waals surface area contributed by atoms with E-state index in [1.165, 1.54) is 11.3 Å². The molecule has 126 valence electrons. The van der Waals surface area contributed by atoms with Gasteiger partial charge in [-0.3, -0.25) is 10.1 Å². The molecule has 2 aromatic carbocycles. The van der Waals surface area contributed by atoms with E-state index in [1.54, 1.807) is 31.4 Å². The first kappa shape index (κ1) is 17.1. The Balaban J connectivity index is 1.63. The smallest absolute Gasteiger partial charge is 0.257 e. The summed E-state index contributed by atoms with van der Waals surface area (Å²) in [6, 6.07) is 16.7. The monoisotopic (exact) mass is 369 g/mol. The molecule has 0 bridgehead atoms. The van der Waals surface area contributed by atoms with Gasteiger partial charge in [0.25, 0.3) is 5.91 Å². The molecule has 5 nitrogen and oxygen atoms in total. The summed E-state index contributed by atoms with van der Waals surface area (Å²) in [7, 11) is 1.55. The third kappa shape index (κ3) is 4.40. The van der Waals surface area contributed by atoms with Crippen LogP contribution < -0.4 is 15.4 Å². The van der Waals surface area contributed by atoms with Gasteiger partial charge in [-0.2, -0.15) is 0 Å². The van der Waals surface area contributed by atoms with Crippen molar-refractivity contribution in [2.75, 3.05) is 12.4 Å². The molecule has 0 aliphatic rings. The highest BCUT2D eigenvalue weighted by Gasteiger charge is 2.10. The maximum atomic E-state index is 12.2. The summed E-state index contributed by atoms with van der Waals surface area (Å²) >= 11 is 6.61. The fourth-order valence-electron chi connectivity index (χ4n) is 2.14. The number of methoxy groups -OCH3 is 1. The molecule has 3 rings (SSSR count). The molecular formula is C18H15N3O2S2. The Bertz CT molecular complexity index is 894. The molecule has 0 fully saturated rings. The number of thiazole rings is 1. The highest BCUT2D eigenvalue weighted by atomic mass is 32.1. The fourth-order valence-corrected chi connectivity index (χ4v) is 3.12. The summed E-state index contributed by atoms with van der Waals surface area (Å²) < 4.78 is 5.11. The number of ether oxygens (including phenoxy) is 1. The predicted molar refractivity (Wildman–Crippen MR) is 104 cm³/mol. The number of carbonyl (C=O) groups excluding carboxylic acids is 1. The molecule has 3 aromatic rings. The molecule has 0 saturated heterocycles. The topological polar surface area (TPSA) is 63.2 Å². The summed E-state index contributed by atoms with van der Waals surface area (Å²) in [5.41, 5.74) is 2.35. The molecule has 1 amide bonds. The van der Waals surface area contributed by atoms with E-state index in [-0.39, 0.29) is 11.0 Å². The van der Waals surface area contributed by atoms with E-state index >= 15 is 0 Å². The lowest BCUT2D eigenvalue weighted by atomic mass is 10.2. The van der Waals surface area contributed by atoms with Gasteiger partial charge in [0.2, 0.25) is 0 Å². The van der Waals surface area contributed by atoms with Gasteiger partial charge in [0.15, 0.2) is 10.2 Å². The van der Waals surface area contributed by atoms with Crippen LogP contribution in [0.15, 0.2) is 60.0 Å². The van der Waals surface area contributed by atoms with Crippen LogP contribution in [0.2, 0.25) is 0 Å². The van der Waals surface area contributed by atoms with Crippen molar-refractivity contribution in [3.8, 4) is 17.0 Å². The van der Waals surface area contributed by atoms with Crippen LogP contribution in [0, 0.1) is 0 Å². The first-order valence-corrected chi connectivity index (χ1v) is 8.72. The van der Waals surface area contributed by atoms with Gasteiger partial charge < -0.3 is 10.1 Å². The highest BCUT2D eigenvalue weighted by Crippen LogP contribution is 2.24. The molecule has 2 N–H and O–H groups in total. The van der Waals surface area contributed by atoms with Crippen LogP contribution in [-0.2, 0) is 0 Å². The second-order valence-corrected chi connectivity index (χ2v) is 6.31. The first-order valence-electron chi connectivity index (χ1n) is 7.43. The van der Waals surface area contributed by atoms with Crippen LogP contribution in [0.1, 0.15) is 10.4 Å². The largest absolute Gasteiger partial charge is 0.497 e. The Kier molecular flexibility index (Phi) is 5.37. The molecule has 25 heavy (non-hydrogen) atoms. The van der Waals surface area contributed by atoms with Gasteiger partial charge in [0, 0.05) is 16.5 Å². The van der Waals surface area contributed by atoms with Gasteiger partial charge in [0.1, 0.15) is 5.75 Å². The summed E-state index contributed by atoms with van der Waals surface area (Å²) in [5.74, 6) is 0.301. The molecule has 1 aromatic heterocycles. The van der Waals surface area contributed by atoms with Gasteiger partial charge in [0.05, 0.1) is 12.8 Å². The van der Waals surface area contributed by atoms with E-state index in [0.29, 0.717) is 16.4 Å². The normalized spacial score (nSPS) is 10.1. The maximum absolute atomic E-state index is 12.2. The number of carbonyl (C=O) groups is 1. The highest BCUT2D eigenvalue weighted by molar-refractivity contribution is 7.80. The molecule has 0 spiro atoms. The number of rotatable bonds is 4. The molecular weight excluding hydrogens is 354 g/mol. The Morgan fingerprint density at radius 3 is 2.72 bits per heavy atom. The van der Waals surface area contributed by atoms with E-state index in [2.05, 4.69) is 15.6 Å². The lowest BCUT2D eigenvalue weighted by molar-refractivity contribution is 0.0977. The predicted octanol–water partition coefficient (Wildman–Crippen LogP) is 3.95. The van der Waals surface area contributed by atoms with Crippen LogP contribution in [0.25, 0.3) is 11.3 Å².